The van der Waals surface area contributed by atoms with Crippen molar-refractivity contribution in [2.45, 2.75) is 37.9 Å². The van der Waals surface area contributed by atoms with E-state index < -0.39 is 29.7 Å². The first-order valence-corrected chi connectivity index (χ1v) is 8.27. The summed E-state index contributed by atoms with van der Waals surface area (Å²) in [7, 11) is 0. The van der Waals surface area contributed by atoms with Crippen molar-refractivity contribution in [1.29, 1.82) is 0 Å². The summed E-state index contributed by atoms with van der Waals surface area (Å²) in [6, 6.07) is 3.50. The molecule has 2 fully saturated rings. The van der Waals surface area contributed by atoms with E-state index in [9.17, 15) is 22.8 Å². The number of alkyl halides is 3. The molecular weight excluding hydrogens is 337 g/mol. The van der Waals surface area contributed by atoms with Crippen LogP contribution in [0.5, 0.6) is 0 Å². The van der Waals surface area contributed by atoms with Crippen molar-refractivity contribution in [3.8, 4) is 0 Å². The minimum absolute atomic E-state index is 0.132. The zero-order chi connectivity index (χ0) is 18.2. The molecule has 0 aromatic heterocycles. The van der Waals surface area contributed by atoms with Crippen molar-refractivity contribution in [3.05, 3.63) is 29.8 Å². The number of rotatable bonds is 3. The van der Waals surface area contributed by atoms with E-state index in [2.05, 4.69) is 0 Å². The van der Waals surface area contributed by atoms with Crippen LogP contribution in [0, 0.1) is 5.92 Å². The predicted molar refractivity (Wildman–Crippen MR) is 83.9 cm³/mol. The van der Waals surface area contributed by atoms with Crippen LogP contribution >= 0.6 is 0 Å². The van der Waals surface area contributed by atoms with Crippen molar-refractivity contribution < 1.29 is 27.9 Å². The van der Waals surface area contributed by atoms with Gasteiger partial charge in [0.05, 0.1) is 30.7 Å². The number of carbonyl (C=O) groups is 2. The Balaban J connectivity index is 2.02. The van der Waals surface area contributed by atoms with Crippen LogP contribution in [-0.4, -0.2) is 41.1 Å². The van der Waals surface area contributed by atoms with Gasteiger partial charge in [-0.1, -0.05) is 18.9 Å². The van der Waals surface area contributed by atoms with Crippen LogP contribution in [0.25, 0.3) is 0 Å². The summed E-state index contributed by atoms with van der Waals surface area (Å²) in [5, 5.41) is 9.14. The number of urea groups is 1. The molecule has 5 nitrogen and oxygen atoms in total. The molecule has 0 bridgehead atoms. The highest BCUT2D eigenvalue weighted by atomic mass is 19.4. The third kappa shape index (κ3) is 3.22. The maximum Gasteiger partial charge on any atom is 0.416 e. The molecule has 3 amide bonds. The Morgan fingerprint density at radius 3 is 2.56 bits per heavy atom. The van der Waals surface area contributed by atoms with E-state index in [1.54, 1.807) is 0 Å². The van der Waals surface area contributed by atoms with Crippen LogP contribution in [0.15, 0.2) is 24.3 Å². The van der Waals surface area contributed by atoms with Gasteiger partial charge in [-0.2, -0.15) is 13.2 Å². The molecule has 1 saturated carbocycles. The van der Waals surface area contributed by atoms with Crippen LogP contribution in [0.2, 0.25) is 0 Å². The zero-order valence-corrected chi connectivity index (χ0v) is 13.5. The summed E-state index contributed by atoms with van der Waals surface area (Å²) in [6.45, 7) is -0.540. The molecule has 1 aliphatic heterocycles. The molecule has 0 spiro atoms. The van der Waals surface area contributed by atoms with Crippen LogP contribution in [0.4, 0.5) is 23.7 Å². The lowest BCUT2D eigenvalue weighted by Gasteiger charge is -2.46. The minimum Gasteiger partial charge on any atom is -0.395 e. The SMILES string of the molecule is O=C1C2CCCCC2N(c2cccc(C(F)(F)F)c2)C(=O)N1CCO. The van der Waals surface area contributed by atoms with Gasteiger partial charge in [0.15, 0.2) is 0 Å². The number of nitrogens with zero attached hydrogens (tertiary/aromatic N) is 2. The molecule has 8 heteroatoms. The lowest BCUT2D eigenvalue weighted by atomic mass is 9.81. The van der Waals surface area contributed by atoms with Crippen molar-refractivity contribution in [2.24, 2.45) is 5.92 Å². The molecule has 1 aliphatic carbocycles. The maximum atomic E-state index is 13.0. The fourth-order valence-electron chi connectivity index (χ4n) is 3.71. The topological polar surface area (TPSA) is 60.9 Å². The predicted octanol–water partition coefficient (Wildman–Crippen LogP) is 3.03. The lowest BCUT2D eigenvalue weighted by Crippen LogP contribution is -2.63. The molecule has 1 N–H and O–H groups in total. The molecule has 2 unspecified atom stereocenters. The van der Waals surface area contributed by atoms with E-state index in [4.69, 9.17) is 5.11 Å². The van der Waals surface area contributed by atoms with E-state index in [0.29, 0.717) is 12.8 Å². The number of aliphatic hydroxyl groups is 1. The molecule has 1 saturated heterocycles. The second-order valence-electron chi connectivity index (χ2n) is 6.37. The lowest BCUT2D eigenvalue weighted by molar-refractivity contribution is -0.138. The summed E-state index contributed by atoms with van der Waals surface area (Å²) in [6.07, 6.45) is -1.69. The Labute approximate surface area is 143 Å². The number of amides is 3. The molecule has 3 rings (SSSR count). The first-order chi connectivity index (χ1) is 11.8. The van der Waals surface area contributed by atoms with Gasteiger partial charge >= 0.3 is 12.2 Å². The van der Waals surface area contributed by atoms with Gasteiger partial charge in [0.25, 0.3) is 0 Å². The van der Waals surface area contributed by atoms with Gasteiger partial charge in [-0.05, 0) is 31.0 Å². The third-order valence-corrected chi connectivity index (χ3v) is 4.86. The molecular formula is C17H19F3N2O3. The summed E-state index contributed by atoms with van der Waals surface area (Å²) >= 11 is 0. The molecule has 2 atom stereocenters. The Kier molecular flexibility index (Phi) is 4.73. The van der Waals surface area contributed by atoms with Crippen molar-refractivity contribution in [1.82, 2.24) is 4.90 Å². The molecule has 136 valence electrons. The fourth-order valence-corrected chi connectivity index (χ4v) is 3.71. The number of imide groups is 1. The van der Waals surface area contributed by atoms with Gasteiger partial charge in [0, 0.05) is 5.69 Å². The Bertz CT molecular complexity index is 677. The number of hydrogen-bond donors (Lipinski definition) is 1. The monoisotopic (exact) mass is 356 g/mol. The number of carbonyl (C=O) groups excluding carboxylic acids is 2. The number of aliphatic hydroxyl groups excluding tert-OH is 1. The number of halogens is 3. The smallest absolute Gasteiger partial charge is 0.395 e. The highest BCUT2D eigenvalue weighted by molar-refractivity contribution is 6.07. The maximum absolute atomic E-state index is 13.0. The highest BCUT2D eigenvalue weighted by Crippen LogP contribution is 2.39. The Morgan fingerprint density at radius 1 is 1.16 bits per heavy atom. The second kappa shape index (κ2) is 6.67. The molecule has 25 heavy (non-hydrogen) atoms. The average molecular weight is 356 g/mol. The van der Waals surface area contributed by atoms with E-state index in [1.165, 1.54) is 17.0 Å². The number of benzene rings is 1. The Hall–Kier alpha value is -2.09. The van der Waals surface area contributed by atoms with Crippen LogP contribution in [0.1, 0.15) is 31.2 Å². The fraction of sp³-hybridized carbons (Fsp3) is 0.529. The van der Waals surface area contributed by atoms with Gasteiger partial charge in [-0.25, -0.2) is 4.79 Å². The minimum atomic E-state index is -4.51. The van der Waals surface area contributed by atoms with Gasteiger partial charge in [-0.15, -0.1) is 0 Å². The molecule has 1 heterocycles. The van der Waals surface area contributed by atoms with Gasteiger partial charge in [0.2, 0.25) is 5.91 Å². The van der Waals surface area contributed by atoms with Gasteiger partial charge in [0.1, 0.15) is 0 Å². The number of fused-ring (bicyclic) bond motifs is 1. The van der Waals surface area contributed by atoms with Crippen LogP contribution in [-0.2, 0) is 11.0 Å². The summed E-state index contributed by atoms with van der Waals surface area (Å²) in [4.78, 5) is 27.6. The molecule has 2 aliphatic rings. The zero-order valence-electron chi connectivity index (χ0n) is 13.5. The van der Waals surface area contributed by atoms with E-state index in [0.717, 1.165) is 29.9 Å². The van der Waals surface area contributed by atoms with E-state index in [-0.39, 0.29) is 24.7 Å². The van der Waals surface area contributed by atoms with Crippen molar-refractivity contribution in [2.75, 3.05) is 18.1 Å². The molecule has 1 aromatic rings. The molecule has 1 aromatic carbocycles. The van der Waals surface area contributed by atoms with Crippen molar-refractivity contribution >= 4 is 17.6 Å². The third-order valence-electron chi connectivity index (χ3n) is 4.86. The largest absolute Gasteiger partial charge is 0.416 e. The van der Waals surface area contributed by atoms with Crippen molar-refractivity contribution in [3.63, 3.8) is 0 Å². The van der Waals surface area contributed by atoms with E-state index >= 15 is 0 Å². The quantitative estimate of drug-likeness (QED) is 0.906. The summed E-state index contributed by atoms with van der Waals surface area (Å²) in [5.74, 6) is -0.778. The standard InChI is InChI=1S/C17H19F3N2O3/c18-17(19,20)11-4-3-5-12(10-11)22-14-7-2-1-6-13(14)15(24)21(8-9-23)16(22)25/h3-5,10,13-14,23H,1-2,6-9H2. The molecule has 0 radical (unpaired) electrons. The van der Waals surface area contributed by atoms with E-state index in [1.807, 2.05) is 0 Å². The normalized spacial score (nSPS) is 24.5. The first kappa shape index (κ1) is 17.7. The first-order valence-electron chi connectivity index (χ1n) is 8.27. The van der Waals surface area contributed by atoms with Gasteiger partial charge < -0.3 is 5.11 Å². The number of hydrogen-bond acceptors (Lipinski definition) is 3. The summed E-state index contributed by atoms with van der Waals surface area (Å²) < 4.78 is 39.1. The average Bonchev–Trinajstić information content (AvgIpc) is 2.58. The number of anilines is 1. The highest BCUT2D eigenvalue weighted by Gasteiger charge is 2.47. The van der Waals surface area contributed by atoms with Gasteiger partial charge in [-0.3, -0.25) is 14.6 Å². The number of β-amino-alcohol motifs (C(OH)–C–C–N with tert-alkyl or cyclic N) is 1. The van der Waals surface area contributed by atoms with Crippen LogP contribution < -0.4 is 4.90 Å². The second-order valence-corrected chi connectivity index (χ2v) is 6.37. The Morgan fingerprint density at radius 2 is 1.88 bits per heavy atom. The summed E-state index contributed by atoms with van der Waals surface area (Å²) in [5.41, 5.74) is -0.706. The van der Waals surface area contributed by atoms with Crippen LogP contribution in [0.3, 0.4) is 0 Å².